The lowest BCUT2D eigenvalue weighted by Crippen LogP contribution is -3.16. The van der Waals surface area contributed by atoms with Gasteiger partial charge in [-0.1, -0.05) is 48.5 Å². The third-order valence-corrected chi connectivity index (χ3v) is 6.40. The van der Waals surface area contributed by atoms with Gasteiger partial charge in [0.15, 0.2) is 6.04 Å². The van der Waals surface area contributed by atoms with Gasteiger partial charge >= 0.3 is 0 Å². The smallest absolute Gasteiger partial charge is 0.244 e. The van der Waals surface area contributed by atoms with E-state index in [-0.39, 0.29) is 29.6 Å². The number of imide groups is 1. The molecule has 0 aliphatic carbocycles. The van der Waals surface area contributed by atoms with E-state index < -0.39 is 12.0 Å². The van der Waals surface area contributed by atoms with Crippen molar-refractivity contribution in [2.45, 2.75) is 24.9 Å². The summed E-state index contributed by atoms with van der Waals surface area (Å²) in [5.74, 6) is -1.30. The minimum Gasteiger partial charge on any atom is -0.322 e. The Kier molecular flexibility index (Phi) is 3.72. The van der Waals surface area contributed by atoms with Crippen LogP contribution in [0.25, 0.3) is 0 Å². The van der Waals surface area contributed by atoms with Gasteiger partial charge < -0.3 is 4.90 Å². The Morgan fingerprint density at radius 1 is 0.889 bits per heavy atom. The molecule has 0 spiro atoms. The predicted molar refractivity (Wildman–Crippen MR) is 99.3 cm³/mol. The van der Waals surface area contributed by atoms with Crippen LogP contribution in [0.15, 0.2) is 60.7 Å². The number of carbonyl (C=O) groups excluding carboxylic acids is 3. The molecule has 1 N–H and O–H groups in total. The van der Waals surface area contributed by atoms with Gasteiger partial charge in [-0.25, -0.2) is 4.90 Å². The number of quaternary nitrogens is 1. The van der Waals surface area contributed by atoms with E-state index in [2.05, 4.69) is 0 Å². The number of amides is 2. The normalized spacial score (nSPS) is 31.9. The van der Waals surface area contributed by atoms with Crippen molar-refractivity contribution < 1.29 is 19.3 Å². The summed E-state index contributed by atoms with van der Waals surface area (Å²) >= 11 is 0. The van der Waals surface area contributed by atoms with Crippen LogP contribution in [0.5, 0.6) is 0 Å². The standard InChI is InChI=1S/C22H20N2O3/c25-20(14-8-3-1-4-9-14)19-18-17(16-12-7-13-23(16)19)21(26)24(22(18)27)15-10-5-2-6-11-15/h1-6,8-11,16-19H,7,12-13H2/p+1/t16-,17+,18+,19-/m0/s1. The summed E-state index contributed by atoms with van der Waals surface area (Å²) in [6.45, 7) is 0.854. The summed E-state index contributed by atoms with van der Waals surface area (Å²) in [6, 6.07) is 17.8. The van der Waals surface area contributed by atoms with Gasteiger partial charge in [-0.3, -0.25) is 14.4 Å². The zero-order valence-electron chi connectivity index (χ0n) is 14.9. The SMILES string of the molecule is O=C(c1ccccc1)[C@@H]1[C@@H]2C(=O)N(c3ccccc3)C(=O)[C@@H]2[C@@H]2CCC[NH+]12. The molecule has 0 aromatic heterocycles. The zero-order chi connectivity index (χ0) is 18.5. The summed E-state index contributed by atoms with van der Waals surface area (Å²) in [5, 5.41) is 0. The lowest BCUT2D eigenvalue weighted by Gasteiger charge is -2.25. The predicted octanol–water partition coefficient (Wildman–Crippen LogP) is 1.10. The maximum Gasteiger partial charge on any atom is 0.244 e. The Bertz CT molecular complexity index is 912. The Balaban J connectivity index is 1.57. The van der Waals surface area contributed by atoms with Gasteiger partial charge in [0.25, 0.3) is 0 Å². The van der Waals surface area contributed by atoms with Crippen molar-refractivity contribution >= 4 is 23.3 Å². The fraction of sp³-hybridized carbons (Fsp3) is 0.318. The third kappa shape index (κ3) is 2.31. The van der Waals surface area contributed by atoms with Gasteiger partial charge in [-0.2, -0.15) is 0 Å². The van der Waals surface area contributed by atoms with Crippen molar-refractivity contribution in [1.82, 2.24) is 0 Å². The Morgan fingerprint density at radius 3 is 2.22 bits per heavy atom. The molecule has 2 aromatic carbocycles. The number of fused-ring (bicyclic) bond motifs is 3. The van der Waals surface area contributed by atoms with E-state index in [9.17, 15) is 14.4 Å². The maximum atomic E-state index is 13.3. The van der Waals surface area contributed by atoms with Gasteiger partial charge in [0.05, 0.1) is 12.2 Å². The summed E-state index contributed by atoms with van der Waals surface area (Å²) in [4.78, 5) is 42.3. The van der Waals surface area contributed by atoms with Crippen molar-refractivity contribution in [1.29, 1.82) is 0 Å². The lowest BCUT2D eigenvalue weighted by atomic mass is 9.85. The van der Waals surface area contributed by atoms with Crippen LogP contribution in [0.1, 0.15) is 23.2 Å². The number of ketones is 1. The molecule has 136 valence electrons. The summed E-state index contributed by atoms with van der Waals surface area (Å²) in [6.07, 6.45) is 1.89. The van der Waals surface area contributed by atoms with E-state index in [1.54, 1.807) is 24.3 Å². The van der Waals surface area contributed by atoms with Crippen molar-refractivity contribution in [3.8, 4) is 0 Å². The highest BCUT2D eigenvalue weighted by Gasteiger charge is 2.68. The van der Waals surface area contributed by atoms with Crippen molar-refractivity contribution in [2.24, 2.45) is 11.8 Å². The molecule has 0 radical (unpaired) electrons. The Labute approximate surface area is 157 Å². The third-order valence-electron chi connectivity index (χ3n) is 6.40. The van der Waals surface area contributed by atoms with E-state index in [0.29, 0.717) is 11.3 Å². The number of Topliss-reactive ketones (excluding diaryl/α,β-unsaturated/α-hetero) is 1. The molecule has 5 rings (SSSR count). The number of para-hydroxylation sites is 1. The van der Waals surface area contributed by atoms with Crippen LogP contribution in [0.4, 0.5) is 5.69 Å². The maximum absolute atomic E-state index is 13.3. The average Bonchev–Trinajstić information content (AvgIpc) is 3.35. The minimum atomic E-state index is -0.550. The molecular weight excluding hydrogens is 340 g/mol. The lowest BCUT2D eigenvalue weighted by molar-refractivity contribution is -0.915. The Morgan fingerprint density at radius 2 is 1.52 bits per heavy atom. The molecule has 5 atom stereocenters. The minimum absolute atomic E-state index is 0.0129. The first kappa shape index (κ1) is 16.4. The number of nitrogens with one attached hydrogen (secondary N) is 1. The molecule has 5 nitrogen and oxygen atoms in total. The molecule has 3 saturated heterocycles. The van der Waals surface area contributed by atoms with E-state index in [0.717, 1.165) is 24.3 Å². The summed E-state index contributed by atoms with van der Waals surface area (Å²) < 4.78 is 0. The number of carbonyl (C=O) groups is 3. The van der Waals surface area contributed by atoms with Crippen LogP contribution < -0.4 is 9.80 Å². The van der Waals surface area contributed by atoms with Crippen molar-refractivity contribution in [3.63, 3.8) is 0 Å². The summed E-state index contributed by atoms with van der Waals surface area (Å²) in [7, 11) is 0. The molecule has 5 heteroatoms. The number of rotatable bonds is 3. The first-order valence-electron chi connectivity index (χ1n) is 9.56. The fourth-order valence-corrected chi connectivity index (χ4v) is 5.36. The quantitative estimate of drug-likeness (QED) is 0.658. The Hall–Kier alpha value is -2.79. The molecule has 2 aromatic rings. The highest BCUT2D eigenvalue weighted by atomic mass is 16.2. The number of hydrogen-bond donors (Lipinski definition) is 1. The van der Waals surface area contributed by atoms with Gasteiger partial charge in [-0.15, -0.1) is 0 Å². The highest BCUT2D eigenvalue weighted by molar-refractivity contribution is 6.24. The van der Waals surface area contributed by atoms with E-state index in [1.807, 2.05) is 36.4 Å². The number of nitrogens with zero attached hydrogens (tertiary/aromatic N) is 1. The van der Waals surface area contributed by atoms with Crippen molar-refractivity contribution in [3.05, 3.63) is 66.2 Å². The van der Waals surface area contributed by atoms with Crippen molar-refractivity contribution in [2.75, 3.05) is 11.4 Å². The first-order valence-corrected chi connectivity index (χ1v) is 9.56. The van der Waals surface area contributed by atoms with Gasteiger partial charge in [0.1, 0.15) is 17.9 Å². The second-order valence-corrected chi connectivity index (χ2v) is 7.68. The molecule has 3 heterocycles. The summed E-state index contributed by atoms with van der Waals surface area (Å²) in [5.41, 5.74) is 1.23. The molecule has 1 unspecified atom stereocenters. The molecule has 3 aliphatic rings. The van der Waals surface area contributed by atoms with Crippen LogP contribution in [-0.2, 0) is 9.59 Å². The molecule has 2 amide bonds. The van der Waals surface area contributed by atoms with Crippen LogP contribution in [-0.4, -0.2) is 36.2 Å². The van der Waals surface area contributed by atoms with Gasteiger partial charge in [0, 0.05) is 18.4 Å². The van der Waals surface area contributed by atoms with Crippen LogP contribution in [0, 0.1) is 11.8 Å². The van der Waals surface area contributed by atoms with E-state index in [1.165, 1.54) is 4.90 Å². The monoisotopic (exact) mass is 361 g/mol. The second-order valence-electron chi connectivity index (χ2n) is 7.68. The van der Waals surface area contributed by atoms with E-state index >= 15 is 0 Å². The van der Waals surface area contributed by atoms with Gasteiger partial charge in [-0.05, 0) is 12.1 Å². The number of anilines is 1. The largest absolute Gasteiger partial charge is 0.322 e. The average molecular weight is 361 g/mol. The molecule has 3 aliphatic heterocycles. The number of benzene rings is 2. The van der Waals surface area contributed by atoms with E-state index in [4.69, 9.17) is 0 Å². The molecule has 27 heavy (non-hydrogen) atoms. The zero-order valence-corrected chi connectivity index (χ0v) is 14.9. The fourth-order valence-electron chi connectivity index (χ4n) is 5.36. The highest BCUT2D eigenvalue weighted by Crippen LogP contribution is 2.40. The van der Waals surface area contributed by atoms with Crippen LogP contribution >= 0.6 is 0 Å². The molecule has 3 fully saturated rings. The topological polar surface area (TPSA) is 58.9 Å². The van der Waals surface area contributed by atoms with Crippen LogP contribution in [0.3, 0.4) is 0 Å². The van der Waals surface area contributed by atoms with Crippen LogP contribution in [0.2, 0.25) is 0 Å². The van der Waals surface area contributed by atoms with Gasteiger partial charge in [0.2, 0.25) is 17.6 Å². The molecular formula is C22H21N2O3+. The number of hydrogen-bond acceptors (Lipinski definition) is 3. The molecule has 0 bridgehead atoms. The second kappa shape index (κ2) is 6.13. The molecule has 0 saturated carbocycles. The first-order chi connectivity index (χ1) is 13.2.